The molecule has 1 amide bonds. The summed E-state index contributed by atoms with van der Waals surface area (Å²) in [6.07, 6.45) is -0.246. The van der Waals surface area contributed by atoms with Crippen LogP contribution in [0, 0.1) is 0 Å². The number of hydrogen-bond acceptors (Lipinski definition) is 5. The van der Waals surface area contributed by atoms with Gasteiger partial charge >= 0.3 is 0 Å². The normalized spacial score (nSPS) is 21.1. The first-order valence-electron chi connectivity index (χ1n) is 6.92. The van der Waals surface area contributed by atoms with Crippen molar-refractivity contribution in [3.8, 4) is 11.5 Å². The lowest BCUT2D eigenvalue weighted by Gasteiger charge is -2.26. The van der Waals surface area contributed by atoms with Crippen molar-refractivity contribution in [1.29, 1.82) is 0 Å². The number of ether oxygens (including phenoxy) is 2. The molecule has 1 aliphatic rings. The molecule has 2 atom stereocenters. The molecule has 6 nitrogen and oxygen atoms in total. The van der Waals surface area contributed by atoms with Gasteiger partial charge in [-0.2, -0.15) is 0 Å². The number of carbonyl (C=O) groups is 1. The van der Waals surface area contributed by atoms with Gasteiger partial charge in [0, 0.05) is 20.1 Å². The van der Waals surface area contributed by atoms with Gasteiger partial charge in [0.2, 0.25) is 5.91 Å². The van der Waals surface area contributed by atoms with Crippen molar-refractivity contribution in [3.63, 3.8) is 0 Å². The first-order valence-corrected chi connectivity index (χ1v) is 6.92. The Morgan fingerprint density at radius 1 is 1.33 bits per heavy atom. The van der Waals surface area contributed by atoms with E-state index in [-0.39, 0.29) is 18.4 Å². The zero-order chi connectivity index (χ0) is 15.4. The van der Waals surface area contributed by atoms with Crippen molar-refractivity contribution in [2.75, 3.05) is 34.4 Å². The Balaban J connectivity index is 2.05. The van der Waals surface area contributed by atoms with Gasteiger partial charge in [-0.15, -0.1) is 0 Å². The number of benzene rings is 1. The minimum atomic E-state index is -0.510. The number of hydrogen-bond donors (Lipinski definition) is 2. The fraction of sp³-hybridized carbons (Fsp3) is 0.533. The lowest BCUT2D eigenvalue weighted by molar-refractivity contribution is -0.132. The maximum Gasteiger partial charge on any atom is 0.227 e. The zero-order valence-electron chi connectivity index (χ0n) is 12.6. The molecule has 0 aromatic heterocycles. The predicted molar refractivity (Wildman–Crippen MR) is 78.7 cm³/mol. The van der Waals surface area contributed by atoms with Gasteiger partial charge in [-0.05, 0) is 17.7 Å². The fourth-order valence-electron chi connectivity index (χ4n) is 2.52. The first kappa shape index (κ1) is 15.6. The first-order chi connectivity index (χ1) is 10.1. The summed E-state index contributed by atoms with van der Waals surface area (Å²) in [6, 6.07) is 5.26. The largest absolute Gasteiger partial charge is 0.493 e. The second-order valence-electron chi connectivity index (χ2n) is 5.16. The molecule has 1 aromatic rings. The Kier molecular flexibility index (Phi) is 5.03. The van der Waals surface area contributed by atoms with E-state index in [1.165, 1.54) is 0 Å². The maximum atomic E-state index is 12.3. The molecule has 6 heteroatoms. The second-order valence-corrected chi connectivity index (χ2v) is 5.16. The molecular weight excluding hydrogens is 272 g/mol. The molecule has 1 saturated heterocycles. The molecule has 0 unspecified atom stereocenters. The summed E-state index contributed by atoms with van der Waals surface area (Å²) < 4.78 is 10.4. The van der Waals surface area contributed by atoms with Gasteiger partial charge in [-0.1, -0.05) is 6.07 Å². The van der Waals surface area contributed by atoms with Gasteiger partial charge in [0.15, 0.2) is 11.5 Å². The summed E-state index contributed by atoms with van der Waals surface area (Å²) >= 11 is 0. The number of aliphatic hydroxyl groups excluding tert-OH is 1. The number of carbonyl (C=O) groups excluding carboxylic acids is 1. The van der Waals surface area contributed by atoms with Crippen LogP contribution in [0.15, 0.2) is 18.2 Å². The predicted octanol–water partition coefficient (Wildman–Crippen LogP) is 0.0374. The summed E-state index contributed by atoms with van der Waals surface area (Å²) in [5.41, 5.74) is 0.852. The summed E-state index contributed by atoms with van der Waals surface area (Å²) in [4.78, 5) is 13.9. The zero-order valence-corrected chi connectivity index (χ0v) is 12.6. The molecule has 1 fully saturated rings. The standard InChI is InChI=1S/C15H22N2O4/c1-17(11-8-16-9-12(11)18)15(19)7-10-4-5-13(20-2)14(6-10)21-3/h4-6,11-12,16,18H,7-9H2,1-3H3/t11-,12-/m1/s1. The van der Waals surface area contributed by atoms with Crippen LogP contribution in [0.4, 0.5) is 0 Å². The van der Waals surface area contributed by atoms with Crippen LogP contribution in [0.3, 0.4) is 0 Å². The highest BCUT2D eigenvalue weighted by Gasteiger charge is 2.31. The van der Waals surface area contributed by atoms with Gasteiger partial charge in [0.05, 0.1) is 32.8 Å². The van der Waals surface area contributed by atoms with Crippen LogP contribution in [0.25, 0.3) is 0 Å². The highest BCUT2D eigenvalue weighted by Crippen LogP contribution is 2.27. The van der Waals surface area contributed by atoms with E-state index in [1.54, 1.807) is 38.3 Å². The molecule has 0 bridgehead atoms. The van der Waals surface area contributed by atoms with Crippen LogP contribution in [0.2, 0.25) is 0 Å². The van der Waals surface area contributed by atoms with Gasteiger partial charge in [0.25, 0.3) is 0 Å². The SMILES string of the molecule is COc1ccc(CC(=O)N(C)[C@@H]2CNC[C@H]2O)cc1OC. The lowest BCUT2D eigenvalue weighted by Crippen LogP contribution is -2.44. The smallest absolute Gasteiger partial charge is 0.227 e. The molecule has 116 valence electrons. The average molecular weight is 294 g/mol. The number of methoxy groups -OCH3 is 2. The third-order valence-corrected chi connectivity index (χ3v) is 3.85. The molecule has 2 N–H and O–H groups in total. The van der Waals surface area contributed by atoms with Crippen LogP contribution in [0.1, 0.15) is 5.56 Å². The van der Waals surface area contributed by atoms with Crippen molar-refractivity contribution in [2.24, 2.45) is 0 Å². The molecule has 0 spiro atoms. The maximum absolute atomic E-state index is 12.3. The second kappa shape index (κ2) is 6.78. The molecule has 0 aliphatic carbocycles. The summed E-state index contributed by atoms with van der Waals surface area (Å²) in [5, 5.41) is 12.9. The van der Waals surface area contributed by atoms with Crippen LogP contribution in [-0.2, 0) is 11.2 Å². The van der Waals surface area contributed by atoms with Crippen molar-refractivity contribution in [3.05, 3.63) is 23.8 Å². The van der Waals surface area contributed by atoms with E-state index < -0.39 is 6.10 Å². The van der Waals surface area contributed by atoms with Crippen LogP contribution >= 0.6 is 0 Å². The number of aliphatic hydroxyl groups is 1. The Morgan fingerprint density at radius 3 is 2.62 bits per heavy atom. The molecule has 21 heavy (non-hydrogen) atoms. The number of nitrogens with zero attached hydrogens (tertiary/aromatic N) is 1. The van der Waals surface area contributed by atoms with Crippen molar-refractivity contribution in [1.82, 2.24) is 10.2 Å². The van der Waals surface area contributed by atoms with E-state index in [9.17, 15) is 9.90 Å². The minimum Gasteiger partial charge on any atom is -0.493 e. The van der Waals surface area contributed by atoms with E-state index in [1.807, 2.05) is 6.07 Å². The molecule has 1 aliphatic heterocycles. The topological polar surface area (TPSA) is 71.0 Å². The van der Waals surface area contributed by atoms with E-state index in [0.29, 0.717) is 24.6 Å². The molecule has 1 aromatic carbocycles. The number of amides is 1. The summed E-state index contributed by atoms with van der Waals surface area (Å²) in [7, 11) is 4.87. The quantitative estimate of drug-likeness (QED) is 0.802. The van der Waals surface area contributed by atoms with E-state index in [4.69, 9.17) is 9.47 Å². The molecule has 1 heterocycles. The molecule has 0 radical (unpaired) electrons. The molecule has 2 rings (SSSR count). The van der Waals surface area contributed by atoms with Gasteiger partial charge in [-0.3, -0.25) is 4.79 Å². The van der Waals surface area contributed by atoms with Crippen molar-refractivity contribution >= 4 is 5.91 Å². The number of nitrogens with one attached hydrogen (secondary N) is 1. The number of likely N-dealkylation sites (N-methyl/N-ethyl adjacent to an activating group) is 1. The number of rotatable bonds is 5. The van der Waals surface area contributed by atoms with E-state index in [2.05, 4.69) is 5.32 Å². The van der Waals surface area contributed by atoms with E-state index in [0.717, 1.165) is 5.56 Å². The van der Waals surface area contributed by atoms with Gasteiger partial charge < -0.3 is 24.8 Å². The highest BCUT2D eigenvalue weighted by atomic mass is 16.5. The number of β-amino-alcohol motifs (C(OH)–C–C–N with tert-alkyl or cyclic N) is 1. The van der Waals surface area contributed by atoms with Gasteiger partial charge in [0.1, 0.15) is 0 Å². The third-order valence-electron chi connectivity index (χ3n) is 3.85. The Bertz CT molecular complexity index is 506. The summed E-state index contributed by atoms with van der Waals surface area (Å²) in [6.45, 7) is 1.15. The van der Waals surface area contributed by atoms with Crippen molar-refractivity contribution in [2.45, 2.75) is 18.6 Å². The Morgan fingerprint density at radius 2 is 2.05 bits per heavy atom. The third kappa shape index (κ3) is 3.46. The average Bonchev–Trinajstić information content (AvgIpc) is 2.92. The van der Waals surface area contributed by atoms with Crippen molar-refractivity contribution < 1.29 is 19.4 Å². The Hall–Kier alpha value is -1.79. The minimum absolute atomic E-state index is 0.0324. The van der Waals surface area contributed by atoms with E-state index >= 15 is 0 Å². The van der Waals surface area contributed by atoms with Crippen LogP contribution in [0.5, 0.6) is 11.5 Å². The van der Waals surface area contributed by atoms with Gasteiger partial charge in [-0.25, -0.2) is 0 Å². The fourth-order valence-corrected chi connectivity index (χ4v) is 2.52. The van der Waals surface area contributed by atoms with Crippen LogP contribution in [-0.4, -0.2) is 62.4 Å². The summed E-state index contributed by atoms with van der Waals surface area (Å²) in [5.74, 6) is 1.21. The highest BCUT2D eigenvalue weighted by molar-refractivity contribution is 5.79. The van der Waals surface area contributed by atoms with Crippen LogP contribution < -0.4 is 14.8 Å². The Labute approximate surface area is 124 Å². The lowest BCUT2D eigenvalue weighted by atomic mass is 10.1. The molecule has 0 saturated carbocycles. The monoisotopic (exact) mass is 294 g/mol. The molecular formula is C15H22N2O4.